The van der Waals surface area contributed by atoms with Crippen molar-refractivity contribution in [2.45, 2.75) is 6.61 Å². The van der Waals surface area contributed by atoms with Gasteiger partial charge in [-0.2, -0.15) is 4.89 Å². The molecule has 2 unspecified atom stereocenters. The van der Waals surface area contributed by atoms with Gasteiger partial charge in [-0.25, -0.2) is 14.2 Å². The lowest BCUT2D eigenvalue weighted by atomic mass is 10.0. The number of methoxy groups -OCH3 is 1. The van der Waals surface area contributed by atoms with Crippen LogP contribution >= 0.6 is 14.7 Å². The van der Waals surface area contributed by atoms with Crippen LogP contribution in [-0.2, 0) is 25.4 Å². The van der Waals surface area contributed by atoms with Crippen LogP contribution in [0.2, 0.25) is 0 Å². The van der Waals surface area contributed by atoms with E-state index in [-0.39, 0.29) is 23.9 Å². The number of benzene rings is 8. The molecule has 0 N–H and O–H groups in total. The van der Waals surface area contributed by atoms with E-state index < -0.39 is 26.7 Å². The molecule has 10 nitrogen and oxygen atoms in total. The molecule has 0 radical (unpaired) electrons. The van der Waals surface area contributed by atoms with Crippen LogP contribution in [0.25, 0.3) is 10.8 Å². The number of carbonyl (C=O) groups is 2. The van der Waals surface area contributed by atoms with E-state index >= 15 is 0 Å². The minimum absolute atomic E-state index is 0.0835. The highest BCUT2D eigenvalue weighted by Crippen LogP contribution is 2.48. The Morgan fingerprint density at radius 1 is 0.468 bits per heavy atom. The van der Waals surface area contributed by atoms with E-state index in [0.717, 1.165) is 16.3 Å². The van der Waals surface area contributed by atoms with Crippen molar-refractivity contribution in [1.82, 2.24) is 0 Å². The van der Waals surface area contributed by atoms with Gasteiger partial charge in [0.05, 0.1) is 23.5 Å². The molecule has 0 aliphatic carbocycles. The number of hydrogen-bond acceptors (Lipinski definition) is 10. The lowest BCUT2D eigenvalue weighted by molar-refractivity contribution is -0.217. The van der Waals surface area contributed by atoms with Gasteiger partial charge in [-0.05, 0) is 95.2 Å². The Balaban J connectivity index is 0.904. The smallest absolute Gasteiger partial charge is 0.462 e. The summed E-state index contributed by atoms with van der Waals surface area (Å²) < 4.78 is 51.8. The number of hydrogen-bond donors (Lipinski definition) is 0. The predicted octanol–water partition coefficient (Wildman–Crippen LogP) is 9.97. The summed E-state index contributed by atoms with van der Waals surface area (Å²) in [6.45, 7) is 0.0835. The molecule has 0 heterocycles. The lowest BCUT2D eigenvalue weighted by Crippen LogP contribution is -2.25. The molecule has 0 amide bonds. The maximum Gasteiger partial charge on any atom is 0.462 e. The minimum Gasteiger partial charge on any atom is -0.465 e. The molecule has 2 atom stereocenters. The molecule has 8 aromatic rings. The molecule has 0 saturated heterocycles. The molecule has 8 aromatic carbocycles. The predicted molar refractivity (Wildman–Crippen MR) is 239 cm³/mol. The van der Waals surface area contributed by atoms with Crippen molar-refractivity contribution in [2.75, 3.05) is 7.11 Å². The van der Waals surface area contributed by atoms with Gasteiger partial charge in [-0.15, -0.1) is 0 Å². The summed E-state index contributed by atoms with van der Waals surface area (Å²) in [6, 6.07) is 57.3. The van der Waals surface area contributed by atoms with Crippen molar-refractivity contribution in [3.05, 3.63) is 217 Å². The summed E-state index contributed by atoms with van der Waals surface area (Å²) in [7, 11) is -5.97. The van der Waals surface area contributed by atoms with Crippen LogP contribution < -0.4 is 39.9 Å². The third-order valence-corrected chi connectivity index (χ3v) is 14.8. The highest BCUT2D eigenvalue weighted by Gasteiger charge is 2.32. The Hall–Kier alpha value is -7.22. The van der Waals surface area contributed by atoms with Gasteiger partial charge in [0.2, 0.25) is 0 Å². The van der Waals surface area contributed by atoms with E-state index in [1.54, 1.807) is 127 Å². The molecule has 0 spiro atoms. The topological polar surface area (TPSA) is 124 Å². The molecular weight excluding hydrogens is 822 g/mol. The molecule has 12 heteroatoms. The second-order valence-corrected chi connectivity index (χ2v) is 18.5. The van der Waals surface area contributed by atoms with Gasteiger partial charge >= 0.3 is 19.5 Å². The summed E-state index contributed by atoms with van der Waals surface area (Å²) >= 11 is 0. The third-order valence-electron chi connectivity index (χ3n) is 9.84. The van der Waals surface area contributed by atoms with Gasteiger partial charge in [-0.3, -0.25) is 0 Å². The molecular formula is C50H38O10P2. The van der Waals surface area contributed by atoms with Crippen molar-refractivity contribution in [3.63, 3.8) is 0 Å². The molecule has 308 valence electrons. The van der Waals surface area contributed by atoms with E-state index in [4.69, 9.17) is 28.3 Å². The standard InChI is InChI=1S/C50H38O10P2/c1-55-49(51)38-21-33-45(34-22-38)61(53,43-13-4-2-5-14-43)44-31-19-36(20-32-44)35-56-58-40-25-29-42(30-26-40)60-62(54,46-15-6-3-7-16-46)59-41-27-23-39(24-28-41)57-50(52)48-18-10-12-37-11-8-9-17-47(37)48/h2-34H,35H2,1H3. The van der Waals surface area contributed by atoms with Crippen molar-refractivity contribution in [2.24, 2.45) is 0 Å². The summed E-state index contributed by atoms with van der Waals surface area (Å²) in [5, 5.41) is 3.89. The Bertz CT molecular complexity index is 2900. The zero-order valence-electron chi connectivity index (χ0n) is 33.2. The van der Waals surface area contributed by atoms with Crippen LogP contribution in [0.15, 0.2) is 200 Å². The van der Waals surface area contributed by atoms with Gasteiger partial charge < -0.3 is 28.0 Å². The first-order valence-electron chi connectivity index (χ1n) is 19.4. The molecule has 62 heavy (non-hydrogen) atoms. The average molecular weight is 861 g/mol. The average Bonchev–Trinajstić information content (AvgIpc) is 3.33. The van der Waals surface area contributed by atoms with Crippen LogP contribution in [0.5, 0.6) is 23.0 Å². The van der Waals surface area contributed by atoms with Crippen LogP contribution in [0.1, 0.15) is 26.3 Å². The van der Waals surface area contributed by atoms with E-state index in [0.29, 0.717) is 38.1 Å². The van der Waals surface area contributed by atoms with Gasteiger partial charge in [-0.1, -0.05) is 121 Å². The lowest BCUT2D eigenvalue weighted by Gasteiger charge is -2.20. The highest BCUT2D eigenvalue weighted by molar-refractivity contribution is 7.85. The second-order valence-electron chi connectivity index (χ2n) is 13.9. The zero-order valence-corrected chi connectivity index (χ0v) is 35.0. The Labute approximate surface area is 358 Å². The molecule has 0 aliphatic heterocycles. The van der Waals surface area contributed by atoms with Crippen molar-refractivity contribution in [3.8, 4) is 23.0 Å². The molecule has 0 bridgehead atoms. The monoisotopic (exact) mass is 860 g/mol. The molecule has 0 aliphatic rings. The molecule has 0 saturated carbocycles. The van der Waals surface area contributed by atoms with Gasteiger partial charge in [0, 0.05) is 15.9 Å². The zero-order chi connectivity index (χ0) is 42.9. The van der Waals surface area contributed by atoms with E-state index in [9.17, 15) is 18.7 Å². The number of carbonyl (C=O) groups excluding carboxylic acids is 2. The quantitative estimate of drug-likeness (QED) is 0.0324. The number of ether oxygens (including phenoxy) is 2. The number of rotatable bonds is 15. The fourth-order valence-electron chi connectivity index (χ4n) is 6.68. The summed E-state index contributed by atoms with van der Waals surface area (Å²) in [5.74, 6) is 0.165. The third kappa shape index (κ3) is 9.24. The van der Waals surface area contributed by atoms with E-state index in [1.807, 2.05) is 72.8 Å². The normalized spacial score (nSPS) is 12.9. The van der Waals surface area contributed by atoms with Crippen LogP contribution in [0.3, 0.4) is 0 Å². The first-order valence-corrected chi connectivity index (χ1v) is 22.7. The van der Waals surface area contributed by atoms with Crippen molar-refractivity contribution in [1.29, 1.82) is 0 Å². The van der Waals surface area contributed by atoms with Crippen LogP contribution in [-0.4, -0.2) is 19.0 Å². The molecule has 8 rings (SSSR count). The van der Waals surface area contributed by atoms with Gasteiger partial charge in [0.1, 0.15) is 23.9 Å². The molecule has 0 aromatic heterocycles. The summed E-state index contributed by atoms with van der Waals surface area (Å²) in [4.78, 5) is 36.2. The van der Waals surface area contributed by atoms with Crippen LogP contribution in [0.4, 0.5) is 0 Å². The highest BCUT2D eigenvalue weighted by atomic mass is 31.2. The largest absolute Gasteiger partial charge is 0.465 e. The SMILES string of the molecule is COC(=O)c1ccc(P(=O)(c2ccccc2)c2ccc(COOc3ccc(OP(=O)(Oc4ccc(OC(=O)c5cccc6ccccc56)cc4)c4ccccc4)cc3)cc2)cc1. The van der Waals surface area contributed by atoms with Crippen molar-refractivity contribution >= 4 is 58.7 Å². The van der Waals surface area contributed by atoms with Gasteiger partial charge in [0.25, 0.3) is 0 Å². The van der Waals surface area contributed by atoms with Crippen LogP contribution in [0, 0.1) is 0 Å². The van der Waals surface area contributed by atoms with E-state index in [1.165, 1.54) is 7.11 Å². The maximum atomic E-state index is 14.9. The van der Waals surface area contributed by atoms with Gasteiger partial charge in [0.15, 0.2) is 12.9 Å². The number of esters is 2. The minimum atomic E-state index is -3.99. The fraction of sp³-hybridized carbons (Fsp3) is 0.0400. The Morgan fingerprint density at radius 3 is 1.58 bits per heavy atom. The second kappa shape index (κ2) is 18.6. The first-order chi connectivity index (χ1) is 30.2. The first kappa shape index (κ1) is 41.5. The Morgan fingerprint density at radius 2 is 0.968 bits per heavy atom. The fourth-order valence-corrected chi connectivity index (χ4v) is 10.9. The van der Waals surface area contributed by atoms with Crippen molar-refractivity contribution < 1.29 is 47.0 Å². The maximum absolute atomic E-state index is 14.9. The number of fused-ring (bicyclic) bond motifs is 1. The van der Waals surface area contributed by atoms with E-state index in [2.05, 4.69) is 0 Å². The summed E-state index contributed by atoms with van der Waals surface area (Å²) in [5.41, 5.74) is 1.58. The molecule has 0 fully saturated rings. The summed E-state index contributed by atoms with van der Waals surface area (Å²) in [6.07, 6.45) is 0. The Kier molecular flexibility index (Phi) is 12.4.